The van der Waals surface area contributed by atoms with Gasteiger partial charge in [0, 0.05) is 43.5 Å². The van der Waals surface area contributed by atoms with Crippen LogP contribution in [0, 0.1) is 0 Å². The molecule has 5 rings (SSSR count). The van der Waals surface area contributed by atoms with Crippen LogP contribution >= 0.6 is 12.4 Å². The van der Waals surface area contributed by atoms with Gasteiger partial charge in [0.2, 0.25) is 5.88 Å². The number of likely N-dealkylation sites (tertiary alicyclic amines) is 1. The van der Waals surface area contributed by atoms with E-state index >= 15 is 0 Å². The third kappa shape index (κ3) is 5.16. The third-order valence-corrected chi connectivity index (χ3v) is 6.14. The number of anilines is 2. The Hall–Kier alpha value is -3.14. The molecule has 0 spiro atoms. The fourth-order valence-corrected chi connectivity index (χ4v) is 4.29. The second kappa shape index (κ2) is 10.4. The number of aliphatic imine (C=N–C) groups is 1. The average Bonchev–Trinajstić information content (AvgIpc) is 3.43. The SMILES string of the molecule is C[C@@H]1CCCN1CCOc1ccc(Oc2ccc3c(c2)C(N)N=CN3c2ccn(C)n2)nc1.Cl. The van der Waals surface area contributed by atoms with Gasteiger partial charge < -0.3 is 15.2 Å². The van der Waals surface area contributed by atoms with Crippen molar-refractivity contribution in [2.24, 2.45) is 17.8 Å². The summed E-state index contributed by atoms with van der Waals surface area (Å²) in [6.45, 7) is 5.02. The topological polar surface area (TPSA) is 94.0 Å². The lowest BCUT2D eigenvalue weighted by Crippen LogP contribution is -2.31. The van der Waals surface area contributed by atoms with Crippen LogP contribution in [0.4, 0.5) is 11.5 Å². The first kappa shape index (κ1) is 24.0. The van der Waals surface area contributed by atoms with Crippen molar-refractivity contribution in [3.63, 3.8) is 0 Å². The van der Waals surface area contributed by atoms with E-state index in [9.17, 15) is 0 Å². The van der Waals surface area contributed by atoms with E-state index in [1.165, 1.54) is 12.8 Å². The fourth-order valence-electron chi connectivity index (χ4n) is 4.29. The Bertz CT molecular complexity index is 1130. The Kier molecular flexibility index (Phi) is 7.35. The van der Waals surface area contributed by atoms with Gasteiger partial charge in [-0.15, -0.1) is 12.4 Å². The Morgan fingerprint density at radius 1 is 1.15 bits per heavy atom. The Balaban J connectivity index is 0.00000274. The highest BCUT2D eigenvalue weighted by Crippen LogP contribution is 2.36. The summed E-state index contributed by atoms with van der Waals surface area (Å²) in [5.41, 5.74) is 8.01. The minimum absolute atomic E-state index is 0. The van der Waals surface area contributed by atoms with Crippen molar-refractivity contribution in [2.45, 2.75) is 32.0 Å². The molecule has 0 radical (unpaired) electrons. The first-order valence-corrected chi connectivity index (χ1v) is 11.3. The van der Waals surface area contributed by atoms with Gasteiger partial charge in [0.15, 0.2) is 5.82 Å². The van der Waals surface area contributed by atoms with E-state index in [2.05, 4.69) is 26.9 Å². The zero-order valence-corrected chi connectivity index (χ0v) is 20.2. The largest absolute Gasteiger partial charge is 0.491 e. The summed E-state index contributed by atoms with van der Waals surface area (Å²) in [7, 11) is 1.88. The van der Waals surface area contributed by atoms with E-state index in [4.69, 9.17) is 15.2 Å². The lowest BCUT2D eigenvalue weighted by Gasteiger charge is -2.27. The zero-order chi connectivity index (χ0) is 22.8. The van der Waals surface area contributed by atoms with Crippen molar-refractivity contribution in [1.29, 1.82) is 0 Å². The van der Waals surface area contributed by atoms with Crippen molar-refractivity contribution in [3.05, 3.63) is 54.4 Å². The van der Waals surface area contributed by atoms with Gasteiger partial charge in [0.1, 0.15) is 24.3 Å². The van der Waals surface area contributed by atoms with Crippen molar-refractivity contribution in [1.82, 2.24) is 19.7 Å². The maximum absolute atomic E-state index is 6.23. The van der Waals surface area contributed by atoms with Crippen molar-refractivity contribution < 1.29 is 9.47 Å². The van der Waals surface area contributed by atoms with Crippen LogP contribution in [-0.2, 0) is 7.05 Å². The number of rotatable bonds is 7. The molecule has 0 saturated carbocycles. The van der Waals surface area contributed by atoms with Crippen LogP contribution in [0.5, 0.6) is 17.4 Å². The van der Waals surface area contributed by atoms with E-state index in [1.54, 1.807) is 17.2 Å². The lowest BCUT2D eigenvalue weighted by atomic mass is 10.1. The Labute approximate surface area is 205 Å². The van der Waals surface area contributed by atoms with Crippen LogP contribution in [0.1, 0.15) is 31.5 Å². The number of hydrogen-bond donors (Lipinski definition) is 1. The number of nitrogens with two attached hydrogens (primary N) is 1. The highest BCUT2D eigenvalue weighted by atomic mass is 35.5. The second-order valence-corrected chi connectivity index (χ2v) is 8.46. The number of ether oxygens (including phenoxy) is 2. The number of hydrogen-bond acceptors (Lipinski definition) is 8. The number of benzene rings is 1. The molecule has 180 valence electrons. The predicted octanol–water partition coefficient (Wildman–Crippen LogP) is 4.03. The average molecular weight is 484 g/mol. The molecule has 9 nitrogen and oxygen atoms in total. The monoisotopic (exact) mass is 483 g/mol. The van der Waals surface area contributed by atoms with Gasteiger partial charge in [-0.3, -0.25) is 19.5 Å². The number of aryl methyl sites for hydroxylation is 1. The van der Waals surface area contributed by atoms with E-state index in [0.29, 0.717) is 24.3 Å². The molecule has 2 aliphatic heterocycles. The highest BCUT2D eigenvalue weighted by molar-refractivity contribution is 5.91. The van der Waals surface area contributed by atoms with Crippen LogP contribution in [0.25, 0.3) is 0 Å². The van der Waals surface area contributed by atoms with Crippen LogP contribution in [0.3, 0.4) is 0 Å². The predicted molar refractivity (Wildman–Crippen MR) is 135 cm³/mol. The molecule has 1 saturated heterocycles. The molecule has 4 heterocycles. The van der Waals surface area contributed by atoms with Crippen molar-refractivity contribution in [3.8, 4) is 17.4 Å². The van der Waals surface area contributed by atoms with E-state index in [0.717, 1.165) is 35.9 Å². The molecule has 1 unspecified atom stereocenters. The minimum atomic E-state index is -0.467. The molecule has 3 aromatic rings. The van der Waals surface area contributed by atoms with E-state index < -0.39 is 6.17 Å². The minimum Gasteiger partial charge on any atom is -0.491 e. The van der Waals surface area contributed by atoms with E-state index in [1.807, 2.05) is 54.5 Å². The molecule has 1 aromatic carbocycles. The van der Waals surface area contributed by atoms with Crippen molar-refractivity contribution >= 4 is 30.3 Å². The summed E-state index contributed by atoms with van der Waals surface area (Å²) in [6.07, 6.45) is 7.37. The van der Waals surface area contributed by atoms with Gasteiger partial charge in [0.05, 0.1) is 18.2 Å². The molecule has 2 aliphatic rings. The number of nitrogens with zero attached hydrogens (tertiary/aromatic N) is 6. The lowest BCUT2D eigenvalue weighted by molar-refractivity contribution is 0.204. The van der Waals surface area contributed by atoms with E-state index in [-0.39, 0.29) is 12.4 Å². The maximum atomic E-state index is 6.23. The fraction of sp³-hybridized carbons (Fsp3) is 0.375. The first-order chi connectivity index (χ1) is 16.1. The van der Waals surface area contributed by atoms with Crippen LogP contribution in [-0.4, -0.2) is 51.7 Å². The van der Waals surface area contributed by atoms with Crippen LogP contribution in [0.2, 0.25) is 0 Å². The number of fused-ring (bicyclic) bond motifs is 1. The molecular formula is C24H30ClN7O2. The third-order valence-electron chi connectivity index (χ3n) is 6.14. The normalized spacial score (nSPS) is 19.6. The van der Waals surface area contributed by atoms with Gasteiger partial charge in [-0.05, 0) is 50.6 Å². The quantitative estimate of drug-likeness (QED) is 0.542. The summed E-state index contributed by atoms with van der Waals surface area (Å²) in [5.74, 6) is 2.65. The number of pyridine rings is 1. The molecule has 0 aliphatic carbocycles. The molecule has 1 fully saturated rings. The molecule has 2 N–H and O–H groups in total. The van der Waals surface area contributed by atoms with Gasteiger partial charge in [0.25, 0.3) is 0 Å². The van der Waals surface area contributed by atoms with Gasteiger partial charge >= 0.3 is 0 Å². The number of halogens is 1. The highest BCUT2D eigenvalue weighted by Gasteiger charge is 2.23. The van der Waals surface area contributed by atoms with Crippen molar-refractivity contribution in [2.75, 3.05) is 24.6 Å². The molecule has 0 bridgehead atoms. The zero-order valence-electron chi connectivity index (χ0n) is 19.4. The Morgan fingerprint density at radius 2 is 2.00 bits per heavy atom. The van der Waals surface area contributed by atoms with Crippen LogP contribution < -0.4 is 20.1 Å². The standard InChI is InChI=1S/C24H29N7O2.ClH/c1-17-4-3-10-30(17)12-13-32-19-6-8-23(26-15-19)33-18-5-7-21-20(14-18)24(25)27-16-31(21)22-9-11-29(2)28-22;/h5-9,11,14-17,24H,3-4,10,12-13,25H2,1-2H3;1H/t17-,24?;/m1./s1. The maximum Gasteiger partial charge on any atom is 0.219 e. The van der Waals surface area contributed by atoms with Gasteiger partial charge in [-0.2, -0.15) is 5.10 Å². The summed E-state index contributed by atoms with van der Waals surface area (Å²) < 4.78 is 13.6. The molecule has 34 heavy (non-hydrogen) atoms. The summed E-state index contributed by atoms with van der Waals surface area (Å²) in [6, 6.07) is 12.0. The summed E-state index contributed by atoms with van der Waals surface area (Å²) in [5, 5.41) is 4.46. The Morgan fingerprint density at radius 3 is 2.71 bits per heavy atom. The van der Waals surface area contributed by atoms with Gasteiger partial charge in [-0.25, -0.2) is 4.98 Å². The molecule has 10 heteroatoms. The van der Waals surface area contributed by atoms with Gasteiger partial charge in [-0.1, -0.05) is 0 Å². The van der Waals surface area contributed by atoms with Crippen LogP contribution in [0.15, 0.2) is 53.8 Å². The molecule has 2 atom stereocenters. The molecule has 0 amide bonds. The number of aromatic nitrogens is 3. The smallest absolute Gasteiger partial charge is 0.219 e. The first-order valence-electron chi connectivity index (χ1n) is 11.3. The molecule has 2 aromatic heterocycles. The summed E-state index contributed by atoms with van der Waals surface area (Å²) >= 11 is 0. The second-order valence-electron chi connectivity index (χ2n) is 8.46. The summed E-state index contributed by atoms with van der Waals surface area (Å²) in [4.78, 5) is 13.2. The molecular weight excluding hydrogens is 454 g/mol.